The Morgan fingerprint density at radius 3 is 1.90 bits per heavy atom. The molecule has 0 aromatic heterocycles. The topological polar surface area (TPSA) is 59.1 Å². The summed E-state index contributed by atoms with van der Waals surface area (Å²) in [6.07, 6.45) is 2.72. The van der Waals surface area contributed by atoms with Crippen molar-refractivity contribution in [3.05, 3.63) is 71.3 Å². The highest BCUT2D eigenvalue weighted by Crippen LogP contribution is 2.40. The number of piperidine rings is 1. The van der Waals surface area contributed by atoms with Crippen molar-refractivity contribution in [3.8, 4) is 0 Å². The molecular weight excluding hydrogens is 392 g/mol. The Bertz CT molecular complexity index is 919. The van der Waals surface area contributed by atoms with Gasteiger partial charge in [-0.2, -0.15) is 5.06 Å². The molecule has 2 heterocycles. The summed E-state index contributed by atoms with van der Waals surface area (Å²) in [4.78, 5) is 37.7. The number of carbonyl (C=O) groups is 2. The molecule has 164 valence electrons. The minimum atomic E-state index is -0.470. The number of carbonyl (C=O) groups excluding carboxylic acids is 2. The van der Waals surface area contributed by atoms with Crippen LogP contribution in [-0.2, 0) is 9.68 Å². The molecule has 2 aromatic rings. The number of hydroxylamine groups is 4. The van der Waals surface area contributed by atoms with Gasteiger partial charge in [-0.15, -0.1) is 5.06 Å². The van der Waals surface area contributed by atoms with Crippen LogP contribution < -0.4 is 0 Å². The number of imide groups is 1. The third-order valence-electron chi connectivity index (χ3n) is 6.19. The first-order chi connectivity index (χ1) is 14.7. The first-order valence-electron chi connectivity index (χ1n) is 10.8. The number of rotatable bonds is 6. The van der Waals surface area contributed by atoms with Gasteiger partial charge in [-0.1, -0.05) is 42.5 Å². The molecule has 0 bridgehead atoms. The number of amides is 2. The van der Waals surface area contributed by atoms with E-state index in [1.807, 2.05) is 30.3 Å². The van der Waals surface area contributed by atoms with E-state index >= 15 is 0 Å². The lowest BCUT2D eigenvalue weighted by Crippen LogP contribution is -2.58. The second-order valence-corrected chi connectivity index (χ2v) is 9.52. The van der Waals surface area contributed by atoms with Crippen LogP contribution in [-0.4, -0.2) is 39.6 Å². The van der Waals surface area contributed by atoms with Gasteiger partial charge in [0.05, 0.1) is 11.1 Å². The van der Waals surface area contributed by atoms with Crippen molar-refractivity contribution in [2.75, 3.05) is 6.61 Å². The zero-order valence-electron chi connectivity index (χ0n) is 18.6. The van der Waals surface area contributed by atoms with E-state index in [2.05, 4.69) is 32.8 Å². The summed E-state index contributed by atoms with van der Waals surface area (Å²) < 4.78 is 0. The van der Waals surface area contributed by atoms with Crippen molar-refractivity contribution in [2.24, 2.45) is 0 Å². The molecule has 0 spiro atoms. The molecule has 0 N–H and O–H groups in total. The second kappa shape index (κ2) is 8.19. The Balaban J connectivity index is 1.56. The molecule has 31 heavy (non-hydrogen) atoms. The number of fused-ring (bicyclic) bond motifs is 1. The van der Waals surface area contributed by atoms with E-state index in [9.17, 15) is 9.59 Å². The minimum absolute atomic E-state index is 0.0398. The number of nitrogens with zero attached hydrogens (tertiary/aromatic N) is 2. The van der Waals surface area contributed by atoms with Crippen LogP contribution in [0, 0.1) is 0 Å². The monoisotopic (exact) mass is 422 g/mol. The van der Waals surface area contributed by atoms with Gasteiger partial charge < -0.3 is 0 Å². The standard InChI is InChI=1S/C25H30N2O4/c1-24(2)15-10-16-25(3,4)27(24)31-21(18-11-6-5-7-12-18)17-30-26-22(28)19-13-8-9-14-20(19)23(26)29/h5-9,11-14,21H,10,15-17H2,1-4H3. The van der Waals surface area contributed by atoms with Crippen LogP contribution in [0.2, 0.25) is 0 Å². The summed E-state index contributed by atoms with van der Waals surface area (Å²) in [7, 11) is 0. The quantitative estimate of drug-likeness (QED) is 0.618. The summed E-state index contributed by atoms with van der Waals surface area (Å²) >= 11 is 0. The van der Waals surface area contributed by atoms with Crippen LogP contribution in [0.5, 0.6) is 0 Å². The van der Waals surface area contributed by atoms with Gasteiger partial charge in [-0.05, 0) is 64.7 Å². The zero-order chi connectivity index (χ0) is 22.2. The average Bonchev–Trinajstić information content (AvgIpc) is 2.98. The fourth-order valence-corrected chi connectivity index (χ4v) is 4.67. The van der Waals surface area contributed by atoms with E-state index in [1.165, 1.54) is 0 Å². The van der Waals surface area contributed by atoms with Gasteiger partial charge in [-0.3, -0.25) is 19.3 Å². The van der Waals surface area contributed by atoms with Crippen LogP contribution in [0.3, 0.4) is 0 Å². The molecule has 6 nitrogen and oxygen atoms in total. The van der Waals surface area contributed by atoms with Gasteiger partial charge in [0.1, 0.15) is 12.7 Å². The van der Waals surface area contributed by atoms with E-state index < -0.39 is 17.9 Å². The van der Waals surface area contributed by atoms with Crippen molar-refractivity contribution in [2.45, 2.75) is 64.1 Å². The molecule has 1 saturated heterocycles. The summed E-state index contributed by atoms with van der Waals surface area (Å²) in [6, 6.07) is 16.5. The average molecular weight is 423 g/mol. The third-order valence-corrected chi connectivity index (χ3v) is 6.19. The SMILES string of the molecule is CC1(C)CCCC(C)(C)N1OC(CON1C(=O)c2ccccc2C1=O)c1ccccc1. The molecule has 0 aliphatic carbocycles. The molecule has 0 saturated carbocycles. The highest BCUT2D eigenvalue weighted by atomic mass is 16.7. The van der Waals surface area contributed by atoms with Crippen molar-refractivity contribution in [1.29, 1.82) is 0 Å². The second-order valence-electron chi connectivity index (χ2n) is 9.52. The maximum atomic E-state index is 12.7. The molecule has 6 heteroatoms. The van der Waals surface area contributed by atoms with Crippen molar-refractivity contribution >= 4 is 11.8 Å². The summed E-state index contributed by atoms with van der Waals surface area (Å²) in [5, 5.41) is 2.93. The molecule has 2 aliphatic heterocycles. The minimum Gasteiger partial charge on any atom is -0.287 e. The molecule has 2 amide bonds. The number of hydrogen-bond donors (Lipinski definition) is 0. The molecule has 0 radical (unpaired) electrons. The lowest BCUT2D eigenvalue weighted by molar-refractivity contribution is -0.318. The molecule has 4 rings (SSSR count). The Morgan fingerprint density at radius 1 is 0.839 bits per heavy atom. The summed E-state index contributed by atoms with van der Waals surface area (Å²) in [6.45, 7) is 8.77. The van der Waals surface area contributed by atoms with Crippen LogP contribution in [0.1, 0.15) is 79.3 Å². The van der Waals surface area contributed by atoms with Crippen LogP contribution in [0.4, 0.5) is 0 Å². The van der Waals surface area contributed by atoms with E-state index in [0.717, 1.165) is 29.9 Å². The maximum absolute atomic E-state index is 12.7. The van der Waals surface area contributed by atoms with Gasteiger partial charge >= 0.3 is 0 Å². The highest BCUT2D eigenvalue weighted by molar-refractivity contribution is 6.20. The van der Waals surface area contributed by atoms with E-state index in [0.29, 0.717) is 11.1 Å². The van der Waals surface area contributed by atoms with E-state index in [-0.39, 0.29) is 17.7 Å². The van der Waals surface area contributed by atoms with Gasteiger partial charge in [-0.25, -0.2) is 0 Å². The van der Waals surface area contributed by atoms with Crippen LogP contribution in [0.15, 0.2) is 54.6 Å². The predicted molar refractivity (Wildman–Crippen MR) is 117 cm³/mol. The van der Waals surface area contributed by atoms with E-state index in [1.54, 1.807) is 24.3 Å². The zero-order valence-corrected chi connectivity index (χ0v) is 18.6. The Morgan fingerprint density at radius 2 is 1.35 bits per heavy atom. The lowest BCUT2D eigenvalue weighted by Gasteiger charge is -2.52. The highest BCUT2D eigenvalue weighted by Gasteiger charge is 2.44. The van der Waals surface area contributed by atoms with Crippen molar-refractivity contribution in [3.63, 3.8) is 0 Å². The molecular formula is C25H30N2O4. The first kappa shape index (κ1) is 21.7. The molecule has 1 fully saturated rings. The summed E-state index contributed by atoms with van der Waals surface area (Å²) in [5.41, 5.74) is 1.36. The van der Waals surface area contributed by atoms with Gasteiger partial charge in [0.25, 0.3) is 11.8 Å². The molecule has 1 atom stereocenters. The number of hydrogen-bond acceptors (Lipinski definition) is 5. The molecule has 2 aliphatic rings. The van der Waals surface area contributed by atoms with Crippen molar-refractivity contribution in [1.82, 2.24) is 10.1 Å². The fourth-order valence-electron chi connectivity index (χ4n) is 4.67. The Hall–Kier alpha value is -2.54. The largest absolute Gasteiger partial charge is 0.287 e. The molecule has 2 aromatic carbocycles. The van der Waals surface area contributed by atoms with Crippen molar-refractivity contribution < 1.29 is 19.3 Å². The first-order valence-corrected chi connectivity index (χ1v) is 10.8. The van der Waals surface area contributed by atoms with Gasteiger partial charge in [0.15, 0.2) is 0 Å². The lowest BCUT2D eigenvalue weighted by atomic mass is 9.82. The Labute approximate surface area is 183 Å². The molecule has 1 unspecified atom stereocenters. The van der Waals surface area contributed by atoms with Gasteiger partial charge in [0, 0.05) is 11.1 Å². The maximum Gasteiger partial charge on any atom is 0.285 e. The predicted octanol–water partition coefficient (Wildman–Crippen LogP) is 4.93. The summed E-state index contributed by atoms with van der Waals surface area (Å²) in [5.74, 6) is -0.878. The fraction of sp³-hybridized carbons (Fsp3) is 0.440. The van der Waals surface area contributed by atoms with Crippen LogP contribution >= 0.6 is 0 Å². The van der Waals surface area contributed by atoms with E-state index in [4.69, 9.17) is 9.68 Å². The third kappa shape index (κ3) is 4.15. The normalized spacial score (nSPS) is 21.2. The van der Waals surface area contributed by atoms with Gasteiger partial charge in [0.2, 0.25) is 0 Å². The smallest absolute Gasteiger partial charge is 0.285 e. The Kier molecular flexibility index (Phi) is 5.73. The van der Waals surface area contributed by atoms with Crippen LogP contribution in [0.25, 0.3) is 0 Å². The number of benzene rings is 2.